The number of nitrogens with one attached hydrogen (secondary N) is 1. The quantitative estimate of drug-likeness (QED) is 0.737. The van der Waals surface area contributed by atoms with Gasteiger partial charge in [0.2, 0.25) is 0 Å². The third-order valence-corrected chi connectivity index (χ3v) is 7.69. The van der Waals surface area contributed by atoms with Gasteiger partial charge in [0.05, 0.1) is 17.5 Å². The van der Waals surface area contributed by atoms with Gasteiger partial charge in [0.25, 0.3) is 5.91 Å². The summed E-state index contributed by atoms with van der Waals surface area (Å²) in [4.78, 5) is 29.9. The Hall–Kier alpha value is -2.14. The molecule has 0 radical (unpaired) electrons. The molecule has 2 fully saturated rings. The van der Waals surface area contributed by atoms with Gasteiger partial charge in [0, 0.05) is 11.8 Å². The summed E-state index contributed by atoms with van der Waals surface area (Å²) >= 11 is 1.24. The summed E-state index contributed by atoms with van der Waals surface area (Å²) in [5.41, 5.74) is 0.0869. The number of benzene rings is 1. The van der Waals surface area contributed by atoms with Gasteiger partial charge in [0.1, 0.15) is 18.0 Å². The number of aliphatic imine (C=N–C) groups is 1. The number of rotatable bonds is 4. The number of amidine groups is 1. The first-order valence-corrected chi connectivity index (χ1v) is 12.1. The highest BCUT2D eigenvalue weighted by Gasteiger charge is 2.48. The lowest BCUT2D eigenvalue weighted by Gasteiger charge is -2.24. The van der Waals surface area contributed by atoms with E-state index < -0.39 is 27.4 Å². The van der Waals surface area contributed by atoms with E-state index in [2.05, 4.69) is 10.3 Å². The minimum atomic E-state index is -3.16. The molecule has 11 heteroatoms. The maximum atomic E-state index is 13.2. The molecule has 2 heterocycles. The maximum absolute atomic E-state index is 13.2. The number of carbonyl (C=O) groups is 2. The van der Waals surface area contributed by atoms with E-state index in [0.717, 1.165) is 5.56 Å². The Morgan fingerprint density at radius 2 is 1.93 bits per heavy atom. The van der Waals surface area contributed by atoms with Gasteiger partial charge in [-0.15, -0.1) is 0 Å². The first kappa shape index (κ1) is 22.5. The molecular weight excluding hydrogens is 433 g/mol. The van der Waals surface area contributed by atoms with E-state index in [0.29, 0.717) is 11.7 Å². The molecule has 0 unspecified atom stereocenters. The van der Waals surface area contributed by atoms with E-state index in [1.54, 1.807) is 37.8 Å². The number of hydrogen-bond acceptors (Lipinski definition) is 6. The zero-order valence-corrected chi connectivity index (χ0v) is 18.6. The van der Waals surface area contributed by atoms with Crippen LogP contribution in [0.2, 0.25) is 0 Å². The van der Waals surface area contributed by atoms with Crippen LogP contribution in [0.5, 0.6) is 0 Å². The lowest BCUT2D eigenvalue weighted by molar-refractivity contribution is -0.117. The van der Waals surface area contributed by atoms with E-state index in [1.807, 2.05) is 0 Å². The van der Waals surface area contributed by atoms with Crippen molar-refractivity contribution in [3.63, 3.8) is 0 Å². The van der Waals surface area contributed by atoms with Crippen LogP contribution in [0.25, 0.3) is 0 Å². The summed E-state index contributed by atoms with van der Waals surface area (Å²) in [6.45, 7) is 5.10. The van der Waals surface area contributed by atoms with E-state index in [9.17, 15) is 22.4 Å². The molecule has 0 aliphatic carbocycles. The number of thioether (sulfide) groups is 1. The van der Waals surface area contributed by atoms with Crippen molar-refractivity contribution < 1.29 is 27.1 Å². The zero-order valence-electron chi connectivity index (χ0n) is 16.9. The molecule has 1 aromatic rings. The molecule has 3 rings (SSSR count). The summed E-state index contributed by atoms with van der Waals surface area (Å²) in [6.07, 6.45) is -0.721. The smallest absolute Gasteiger partial charge is 0.408 e. The van der Waals surface area contributed by atoms with Crippen molar-refractivity contribution in [1.29, 1.82) is 0 Å². The van der Waals surface area contributed by atoms with Crippen LogP contribution in [-0.2, 0) is 25.9 Å². The van der Waals surface area contributed by atoms with Crippen LogP contribution in [0, 0.1) is 5.82 Å². The number of ether oxygens (including phenoxy) is 1. The van der Waals surface area contributed by atoms with Crippen molar-refractivity contribution in [3.05, 3.63) is 35.6 Å². The lowest BCUT2D eigenvalue weighted by Crippen LogP contribution is -2.38. The molecule has 2 aliphatic rings. The van der Waals surface area contributed by atoms with Crippen molar-refractivity contribution in [3.8, 4) is 0 Å². The van der Waals surface area contributed by atoms with Crippen molar-refractivity contribution >= 4 is 38.8 Å². The number of sulfone groups is 1. The number of amides is 2. The molecule has 164 valence electrons. The predicted octanol–water partition coefficient (Wildman–Crippen LogP) is 1.95. The molecule has 1 aromatic carbocycles. The van der Waals surface area contributed by atoms with Gasteiger partial charge in [-0.2, -0.15) is 4.99 Å². The minimum absolute atomic E-state index is 0.0186. The fraction of sp³-hybridized carbons (Fsp3) is 0.526. The van der Waals surface area contributed by atoms with Crippen molar-refractivity contribution in [2.75, 3.05) is 18.1 Å². The minimum Gasteiger partial charge on any atom is -0.444 e. The summed E-state index contributed by atoms with van der Waals surface area (Å²) in [5, 5.41) is 2.55. The SMILES string of the molecule is CC(C)(C)OC(=O)NCC(=O)N=C1S[C@@H]2CS(=O)(=O)C[C@H]2N1Cc1ccc(F)cc1. The number of carbonyl (C=O) groups excluding carboxylic acids is 2. The van der Waals surface area contributed by atoms with Crippen LogP contribution in [0.1, 0.15) is 26.3 Å². The molecule has 0 spiro atoms. The third kappa shape index (κ3) is 5.94. The van der Waals surface area contributed by atoms with E-state index in [4.69, 9.17) is 4.74 Å². The van der Waals surface area contributed by atoms with E-state index >= 15 is 0 Å². The number of hydrogen-bond donors (Lipinski definition) is 1. The summed E-state index contributed by atoms with van der Waals surface area (Å²) in [7, 11) is -3.16. The Balaban J connectivity index is 1.72. The van der Waals surface area contributed by atoms with Crippen LogP contribution in [0.3, 0.4) is 0 Å². The largest absolute Gasteiger partial charge is 0.444 e. The number of nitrogens with zero attached hydrogens (tertiary/aromatic N) is 2. The Kier molecular flexibility index (Phi) is 6.42. The highest BCUT2D eigenvalue weighted by Crippen LogP contribution is 2.39. The second-order valence-corrected chi connectivity index (χ2v) is 11.6. The van der Waals surface area contributed by atoms with Crippen LogP contribution in [-0.4, -0.2) is 65.4 Å². The molecule has 8 nitrogen and oxygen atoms in total. The van der Waals surface area contributed by atoms with Gasteiger partial charge in [-0.3, -0.25) is 4.79 Å². The Morgan fingerprint density at radius 3 is 2.57 bits per heavy atom. The highest BCUT2D eigenvalue weighted by molar-refractivity contribution is 8.15. The first-order valence-electron chi connectivity index (χ1n) is 9.38. The fourth-order valence-electron chi connectivity index (χ4n) is 3.22. The van der Waals surface area contributed by atoms with Crippen LogP contribution >= 0.6 is 11.8 Å². The molecular formula is C19H24FN3O5S2. The van der Waals surface area contributed by atoms with Crippen molar-refractivity contribution in [2.45, 2.75) is 44.2 Å². The first-order chi connectivity index (χ1) is 13.9. The fourth-order valence-corrected chi connectivity index (χ4v) is 7.18. The molecule has 0 saturated carbocycles. The molecule has 2 amide bonds. The Morgan fingerprint density at radius 1 is 1.27 bits per heavy atom. The van der Waals surface area contributed by atoms with Gasteiger partial charge in [-0.1, -0.05) is 23.9 Å². The van der Waals surface area contributed by atoms with Gasteiger partial charge < -0.3 is 15.0 Å². The molecule has 0 bridgehead atoms. The third-order valence-electron chi connectivity index (χ3n) is 4.44. The number of alkyl carbamates (subject to hydrolysis) is 1. The van der Waals surface area contributed by atoms with E-state index in [-0.39, 0.29) is 35.2 Å². The lowest BCUT2D eigenvalue weighted by atomic mass is 10.1. The Labute approximate surface area is 179 Å². The summed E-state index contributed by atoms with van der Waals surface area (Å²) in [6, 6.07) is 5.57. The average molecular weight is 458 g/mol. The van der Waals surface area contributed by atoms with Gasteiger partial charge in [-0.05, 0) is 38.5 Å². The van der Waals surface area contributed by atoms with Crippen LogP contribution < -0.4 is 5.32 Å². The zero-order chi connectivity index (χ0) is 22.1. The molecule has 30 heavy (non-hydrogen) atoms. The summed E-state index contributed by atoms with van der Waals surface area (Å²) in [5.74, 6) is -0.940. The van der Waals surface area contributed by atoms with Gasteiger partial charge >= 0.3 is 6.09 Å². The van der Waals surface area contributed by atoms with Gasteiger partial charge in [0.15, 0.2) is 15.0 Å². The van der Waals surface area contributed by atoms with Gasteiger partial charge in [-0.25, -0.2) is 17.6 Å². The summed E-state index contributed by atoms with van der Waals surface area (Å²) < 4.78 is 42.4. The molecule has 2 aliphatic heterocycles. The average Bonchev–Trinajstić information content (AvgIpc) is 3.06. The topological polar surface area (TPSA) is 105 Å². The molecule has 2 saturated heterocycles. The number of halogens is 1. The van der Waals surface area contributed by atoms with Crippen molar-refractivity contribution in [1.82, 2.24) is 10.2 Å². The Bertz CT molecular complexity index is 957. The van der Waals surface area contributed by atoms with Crippen LogP contribution in [0.4, 0.5) is 9.18 Å². The predicted molar refractivity (Wildman–Crippen MR) is 112 cm³/mol. The number of fused-ring (bicyclic) bond motifs is 1. The van der Waals surface area contributed by atoms with Crippen LogP contribution in [0.15, 0.2) is 29.3 Å². The van der Waals surface area contributed by atoms with Crippen molar-refractivity contribution in [2.24, 2.45) is 4.99 Å². The molecule has 2 atom stereocenters. The second kappa shape index (κ2) is 8.54. The normalized spacial score (nSPS) is 24.0. The maximum Gasteiger partial charge on any atom is 0.408 e. The van der Waals surface area contributed by atoms with E-state index in [1.165, 1.54) is 23.9 Å². The molecule has 1 N–H and O–H groups in total. The monoisotopic (exact) mass is 457 g/mol. The molecule has 0 aromatic heterocycles. The highest BCUT2D eigenvalue weighted by atomic mass is 32.2. The standard InChI is InChI=1S/C19H24FN3O5S2/c1-19(2,3)28-18(25)21-8-16(24)22-17-23(9-12-4-6-13(20)7-5-12)14-10-30(26,27)11-15(14)29-17/h4-7,14-15H,8-11H2,1-3H3,(H,21,25)/t14-,15-/m1/s1. The second-order valence-electron chi connectivity index (χ2n) is 8.20.